The average molecular weight is 220 g/mol. The van der Waals surface area contributed by atoms with Crippen molar-refractivity contribution in [3.8, 4) is 0 Å². The quantitative estimate of drug-likeness (QED) is 0.481. The first-order chi connectivity index (χ1) is 7.60. The molecule has 0 aromatic heterocycles. The van der Waals surface area contributed by atoms with Crippen LogP contribution in [0.4, 0.5) is 5.69 Å². The highest BCUT2D eigenvalue weighted by atomic mass is 16.6. The average Bonchev–Trinajstić information content (AvgIpc) is 2.26. The Bertz CT molecular complexity index is 425. The van der Waals surface area contributed by atoms with E-state index in [0.29, 0.717) is 11.3 Å². The zero-order valence-electron chi connectivity index (χ0n) is 9.56. The number of rotatable bonds is 4. The molecule has 0 radical (unpaired) electrons. The van der Waals surface area contributed by atoms with Crippen molar-refractivity contribution in [2.75, 3.05) is 5.73 Å². The van der Waals surface area contributed by atoms with Gasteiger partial charge in [0.1, 0.15) is 0 Å². The maximum Gasteiger partial charge on any atom is 0.235 e. The summed E-state index contributed by atoms with van der Waals surface area (Å²) in [6.45, 7) is 4.10. The molecule has 0 amide bonds. The van der Waals surface area contributed by atoms with Crippen LogP contribution in [0.15, 0.2) is 18.3 Å². The summed E-state index contributed by atoms with van der Waals surface area (Å²) in [7, 11) is 0. The van der Waals surface area contributed by atoms with Gasteiger partial charge in [0.05, 0.1) is 4.92 Å². The molecule has 0 aliphatic rings. The van der Waals surface area contributed by atoms with E-state index in [-0.39, 0.29) is 0 Å². The van der Waals surface area contributed by atoms with E-state index in [1.54, 1.807) is 0 Å². The smallest absolute Gasteiger partial charge is 0.235 e. The van der Waals surface area contributed by atoms with Gasteiger partial charge in [-0.15, -0.1) is 0 Å². The van der Waals surface area contributed by atoms with Gasteiger partial charge in [-0.25, -0.2) is 0 Å². The molecule has 0 fully saturated rings. The van der Waals surface area contributed by atoms with Crippen LogP contribution >= 0.6 is 0 Å². The second kappa shape index (κ2) is 5.30. The van der Waals surface area contributed by atoms with E-state index in [1.165, 1.54) is 11.6 Å². The number of nitro groups is 1. The van der Waals surface area contributed by atoms with Gasteiger partial charge < -0.3 is 5.73 Å². The molecule has 0 aliphatic heterocycles. The molecule has 1 rings (SSSR count). The van der Waals surface area contributed by atoms with Crippen molar-refractivity contribution >= 4 is 11.8 Å². The molecule has 1 aromatic rings. The lowest BCUT2D eigenvalue weighted by Gasteiger charge is -2.11. The number of anilines is 1. The topological polar surface area (TPSA) is 69.2 Å². The van der Waals surface area contributed by atoms with Gasteiger partial charge in [0.25, 0.3) is 0 Å². The summed E-state index contributed by atoms with van der Waals surface area (Å²) in [5, 5.41) is 10.2. The summed E-state index contributed by atoms with van der Waals surface area (Å²) >= 11 is 0. The number of aryl methyl sites for hydroxylation is 1. The van der Waals surface area contributed by atoms with Crippen molar-refractivity contribution in [2.45, 2.75) is 26.7 Å². The SMILES string of the molecule is CCc1ccc(C=C[N+](=O)[O-])c(N)c1CC. The molecule has 16 heavy (non-hydrogen) atoms. The molecule has 86 valence electrons. The fraction of sp³-hybridized carbons (Fsp3) is 0.333. The first kappa shape index (κ1) is 12.2. The lowest BCUT2D eigenvalue weighted by atomic mass is 9.97. The minimum absolute atomic E-state index is 0.487. The Kier molecular flexibility index (Phi) is 4.05. The number of nitrogens with two attached hydrogens (primary N) is 1. The number of hydrogen-bond donors (Lipinski definition) is 1. The van der Waals surface area contributed by atoms with Crippen molar-refractivity contribution in [1.29, 1.82) is 0 Å². The Morgan fingerprint density at radius 1 is 1.38 bits per heavy atom. The van der Waals surface area contributed by atoms with Crippen LogP contribution in [0.5, 0.6) is 0 Å². The third-order valence-corrected chi connectivity index (χ3v) is 2.60. The van der Waals surface area contributed by atoms with E-state index < -0.39 is 4.92 Å². The third-order valence-electron chi connectivity index (χ3n) is 2.60. The Morgan fingerprint density at radius 3 is 2.56 bits per heavy atom. The Hall–Kier alpha value is -1.84. The predicted octanol–water partition coefficient (Wildman–Crippen LogP) is 2.64. The van der Waals surface area contributed by atoms with Crippen molar-refractivity contribution in [2.24, 2.45) is 0 Å². The van der Waals surface area contributed by atoms with Gasteiger partial charge in [0.15, 0.2) is 0 Å². The van der Waals surface area contributed by atoms with Crippen LogP contribution in [-0.2, 0) is 12.8 Å². The fourth-order valence-corrected chi connectivity index (χ4v) is 1.76. The molecule has 0 bridgehead atoms. The summed E-state index contributed by atoms with van der Waals surface area (Å²) < 4.78 is 0. The molecule has 0 heterocycles. The van der Waals surface area contributed by atoms with Crippen molar-refractivity contribution in [3.05, 3.63) is 45.1 Å². The third kappa shape index (κ3) is 2.59. The molecular formula is C12H16N2O2. The maximum absolute atomic E-state index is 10.2. The molecule has 0 unspecified atom stereocenters. The van der Waals surface area contributed by atoms with Crippen LogP contribution in [0.2, 0.25) is 0 Å². The lowest BCUT2D eigenvalue weighted by Crippen LogP contribution is -2.01. The van der Waals surface area contributed by atoms with Crippen LogP contribution in [0, 0.1) is 10.1 Å². The molecule has 0 saturated carbocycles. The van der Waals surface area contributed by atoms with Crippen molar-refractivity contribution < 1.29 is 4.92 Å². The highest BCUT2D eigenvalue weighted by molar-refractivity contribution is 5.68. The fourth-order valence-electron chi connectivity index (χ4n) is 1.76. The second-order valence-electron chi connectivity index (χ2n) is 3.51. The first-order valence-electron chi connectivity index (χ1n) is 5.32. The van der Waals surface area contributed by atoms with E-state index in [1.807, 2.05) is 19.1 Å². The van der Waals surface area contributed by atoms with Crippen LogP contribution in [0.3, 0.4) is 0 Å². The minimum atomic E-state index is -0.487. The highest BCUT2D eigenvalue weighted by Gasteiger charge is 2.07. The van der Waals surface area contributed by atoms with Crippen LogP contribution in [0.1, 0.15) is 30.5 Å². The number of hydrogen-bond acceptors (Lipinski definition) is 3. The van der Waals surface area contributed by atoms with Gasteiger partial charge in [-0.05, 0) is 24.0 Å². The van der Waals surface area contributed by atoms with Crippen molar-refractivity contribution in [1.82, 2.24) is 0 Å². The maximum atomic E-state index is 10.2. The minimum Gasteiger partial charge on any atom is -0.398 e. The normalized spacial score (nSPS) is 10.9. The molecule has 0 aliphatic carbocycles. The summed E-state index contributed by atoms with van der Waals surface area (Å²) in [5.74, 6) is 0. The van der Waals surface area contributed by atoms with Gasteiger partial charge in [0.2, 0.25) is 6.20 Å². The van der Waals surface area contributed by atoms with E-state index >= 15 is 0 Å². The highest BCUT2D eigenvalue weighted by Crippen LogP contribution is 2.24. The standard InChI is InChI=1S/C12H16N2O2/c1-3-9-5-6-10(7-8-14(15)16)12(13)11(9)4-2/h5-8H,3-4,13H2,1-2H3. The first-order valence-corrected chi connectivity index (χ1v) is 5.32. The van der Waals surface area contributed by atoms with Gasteiger partial charge in [-0.1, -0.05) is 26.0 Å². The molecule has 1 aromatic carbocycles. The molecule has 0 atom stereocenters. The van der Waals surface area contributed by atoms with E-state index in [2.05, 4.69) is 6.92 Å². The molecular weight excluding hydrogens is 204 g/mol. The Balaban J connectivity index is 3.18. The number of nitrogens with zero attached hydrogens (tertiary/aromatic N) is 1. The molecule has 0 spiro atoms. The summed E-state index contributed by atoms with van der Waals surface area (Å²) in [4.78, 5) is 9.75. The zero-order valence-corrected chi connectivity index (χ0v) is 9.56. The van der Waals surface area contributed by atoms with Gasteiger partial charge in [0, 0.05) is 17.3 Å². The van der Waals surface area contributed by atoms with E-state index in [9.17, 15) is 10.1 Å². The van der Waals surface area contributed by atoms with E-state index in [4.69, 9.17) is 5.73 Å². The summed E-state index contributed by atoms with van der Waals surface area (Å²) in [5.41, 5.74) is 9.65. The molecule has 2 N–H and O–H groups in total. The van der Waals surface area contributed by atoms with Crippen LogP contribution in [-0.4, -0.2) is 4.92 Å². The number of nitrogen functional groups attached to an aromatic ring is 1. The monoisotopic (exact) mass is 220 g/mol. The second-order valence-corrected chi connectivity index (χ2v) is 3.51. The molecule has 4 nitrogen and oxygen atoms in total. The summed E-state index contributed by atoms with van der Waals surface area (Å²) in [6, 6.07) is 3.81. The van der Waals surface area contributed by atoms with Gasteiger partial charge in [-0.3, -0.25) is 10.1 Å². The zero-order chi connectivity index (χ0) is 12.1. The Morgan fingerprint density at radius 2 is 2.06 bits per heavy atom. The lowest BCUT2D eigenvalue weighted by molar-refractivity contribution is -0.400. The Labute approximate surface area is 94.9 Å². The predicted molar refractivity (Wildman–Crippen MR) is 65.6 cm³/mol. The van der Waals surface area contributed by atoms with Gasteiger partial charge in [-0.2, -0.15) is 0 Å². The molecule has 4 heteroatoms. The van der Waals surface area contributed by atoms with Crippen molar-refractivity contribution in [3.63, 3.8) is 0 Å². The summed E-state index contributed by atoms with van der Waals surface area (Å²) in [6.07, 6.45) is 4.12. The number of benzene rings is 1. The van der Waals surface area contributed by atoms with E-state index in [0.717, 1.165) is 24.6 Å². The molecule has 0 saturated heterocycles. The van der Waals surface area contributed by atoms with Crippen LogP contribution < -0.4 is 5.73 Å². The van der Waals surface area contributed by atoms with Gasteiger partial charge >= 0.3 is 0 Å². The van der Waals surface area contributed by atoms with Crippen LogP contribution in [0.25, 0.3) is 6.08 Å². The largest absolute Gasteiger partial charge is 0.398 e.